The number of amides is 2. The summed E-state index contributed by atoms with van der Waals surface area (Å²) in [6.07, 6.45) is 2.39. The van der Waals surface area contributed by atoms with Crippen LogP contribution in [0.2, 0.25) is 30.7 Å². The Hall–Kier alpha value is -7.29. The van der Waals surface area contributed by atoms with Gasteiger partial charge in [-0.1, -0.05) is 209 Å². The summed E-state index contributed by atoms with van der Waals surface area (Å²) in [7, 11) is -1.40. The number of pyridine rings is 1. The van der Waals surface area contributed by atoms with Crippen LogP contribution in [0.25, 0.3) is 11.1 Å². The lowest BCUT2D eigenvalue weighted by Gasteiger charge is -2.35. The number of benzene rings is 6. The highest BCUT2D eigenvalue weighted by Gasteiger charge is 2.37. The monoisotopic (exact) mass is 1140 g/mol. The summed E-state index contributed by atoms with van der Waals surface area (Å²) in [4.78, 5) is 61.9. The van der Waals surface area contributed by atoms with Crippen molar-refractivity contribution in [3.8, 4) is 11.1 Å². The van der Waals surface area contributed by atoms with Gasteiger partial charge >= 0.3 is 18.0 Å². The number of nitrogens with zero attached hydrogens (tertiary/aromatic N) is 2. The molecular formula is C67H73ClN4O7SSi. The van der Waals surface area contributed by atoms with Gasteiger partial charge in [-0.2, -0.15) is 0 Å². The Kier molecular flexibility index (Phi) is 21.4. The molecule has 2 amide bonds. The van der Waals surface area contributed by atoms with Crippen LogP contribution >= 0.6 is 23.4 Å². The maximum Gasteiger partial charge on any atom is 0.407 e. The lowest BCUT2D eigenvalue weighted by Crippen LogP contribution is -2.47. The van der Waals surface area contributed by atoms with E-state index in [4.69, 9.17) is 30.8 Å². The molecule has 1 heterocycles. The van der Waals surface area contributed by atoms with Crippen molar-refractivity contribution < 1.29 is 33.4 Å². The number of carbonyl (C=O) groups is 4. The summed E-state index contributed by atoms with van der Waals surface area (Å²) in [5.74, 6) is -1.23. The fourth-order valence-electron chi connectivity index (χ4n) is 10.0. The Morgan fingerprint density at radius 3 is 1.85 bits per heavy atom. The molecule has 1 aromatic heterocycles. The van der Waals surface area contributed by atoms with E-state index in [0.29, 0.717) is 48.3 Å². The minimum absolute atomic E-state index is 0.0656. The Morgan fingerprint density at radius 1 is 0.704 bits per heavy atom. The summed E-state index contributed by atoms with van der Waals surface area (Å²) in [6, 6.07) is 60.6. The highest BCUT2D eigenvalue weighted by molar-refractivity contribution is 8.00. The van der Waals surface area contributed by atoms with Crippen molar-refractivity contribution >= 4 is 55.4 Å². The van der Waals surface area contributed by atoms with E-state index in [1.54, 1.807) is 6.08 Å². The SMILES string of the molecule is CC(C)[C@@H](NC(=O)OCC1c2ccccc2-c2ccccc21)C(=O)O[C@H](C=CCCSC(c1ccccc1)(c1ccccc1)c1ccccc1)CC(=O)NCc1cccc(CN(CC(=O)OCC[Si](C)(C)C)Cc2ccc(Cl)cc2)n1. The Labute approximate surface area is 487 Å². The quantitative estimate of drug-likeness (QED) is 0.0128. The summed E-state index contributed by atoms with van der Waals surface area (Å²) >= 11 is 8.01. The number of ether oxygens (including phenoxy) is 3. The average Bonchev–Trinajstić information content (AvgIpc) is 4.09. The van der Waals surface area contributed by atoms with Gasteiger partial charge in [0.1, 0.15) is 18.8 Å². The minimum atomic E-state index is -1.40. The smallest absolute Gasteiger partial charge is 0.407 e. The molecule has 14 heteroatoms. The second-order valence-corrected chi connectivity index (χ2v) is 29.3. The average molecular weight is 1140 g/mol. The van der Waals surface area contributed by atoms with E-state index in [-0.39, 0.29) is 49.8 Å². The lowest BCUT2D eigenvalue weighted by atomic mass is 9.84. The first kappa shape index (κ1) is 59.8. The third-order valence-electron chi connectivity index (χ3n) is 14.2. The van der Waals surface area contributed by atoms with Crippen LogP contribution < -0.4 is 10.6 Å². The fraction of sp³-hybridized carbons (Fsp3) is 0.299. The molecule has 0 unspecified atom stereocenters. The molecule has 0 bridgehead atoms. The summed E-state index contributed by atoms with van der Waals surface area (Å²) in [5, 5.41) is 6.41. The van der Waals surface area contributed by atoms with Crippen molar-refractivity contribution in [2.75, 3.05) is 25.5 Å². The van der Waals surface area contributed by atoms with E-state index >= 15 is 0 Å². The molecule has 0 radical (unpaired) electrons. The molecule has 420 valence electrons. The molecule has 0 fully saturated rings. The number of fused-ring (bicyclic) bond motifs is 3. The molecule has 2 N–H and O–H groups in total. The number of nitrogens with one attached hydrogen (secondary N) is 2. The van der Waals surface area contributed by atoms with E-state index < -0.39 is 37.0 Å². The van der Waals surface area contributed by atoms with Crippen molar-refractivity contribution in [2.24, 2.45) is 5.92 Å². The minimum Gasteiger partial charge on any atom is -0.465 e. The van der Waals surface area contributed by atoms with Crippen LogP contribution in [0.3, 0.4) is 0 Å². The molecular weight excluding hydrogens is 1070 g/mol. The van der Waals surface area contributed by atoms with Gasteiger partial charge in [0, 0.05) is 32.1 Å². The topological polar surface area (TPSA) is 136 Å². The van der Waals surface area contributed by atoms with Crippen molar-refractivity contribution in [3.63, 3.8) is 0 Å². The van der Waals surface area contributed by atoms with E-state index in [0.717, 1.165) is 50.6 Å². The number of carbonyl (C=O) groups excluding carboxylic acids is 4. The number of hydrogen-bond donors (Lipinski definition) is 2. The molecule has 2 atom stereocenters. The zero-order valence-corrected chi connectivity index (χ0v) is 49.5. The van der Waals surface area contributed by atoms with Gasteiger partial charge in [0.15, 0.2) is 0 Å². The summed E-state index contributed by atoms with van der Waals surface area (Å²) in [5.41, 5.74) is 10.1. The zero-order chi connectivity index (χ0) is 57.2. The Morgan fingerprint density at radius 2 is 1.27 bits per heavy atom. The van der Waals surface area contributed by atoms with Gasteiger partial charge < -0.3 is 24.8 Å². The largest absolute Gasteiger partial charge is 0.465 e. The number of hydrogen-bond acceptors (Lipinski definition) is 10. The van der Waals surface area contributed by atoms with E-state index in [1.807, 2.05) is 122 Å². The standard InChI is InChI=1S/C67H73ClN4O7SSi/c1-48(2)64(71-66(76)78-47-61-59-33-17-15-31-57(59)58-32-16-18-34-60(58)61)65(75)79-56(30-19-20-40-80-67(50-22-9-6-10-23-50,51-24-11-7-12-25-51)52-26-13-8-14-27-52)42-62(73)69-43-54-28-21-29-55(70-54)45-72(44-49-35-37-53(68)38-36-49)46-63(74)77-39-41-81(3,4)5/h6-19,21-38,48,56,61,64H,20,39-47H2,1-5H3,(H,69,73)(H,71,76)/t56-,64-/m1/s1. The second kappa shape index (κ2) is 28.9. The second-order valence-electron chi connectivity index (χ2n) is 21.9. The van der Waals surface area contributed by atoms with E-state index in [9.17, 15) is 19.2 Å². The highest BCUT2D eigenvalue weighted by atomic mass is 35.5. The molecule has 0 spiro atoms. The molecule has 81 heavy (non-hydrogen) atoms. The molecule has 0 saturated heterocycles. The number of esters is 2. The van der Waals surface area contributed by atoms with Crippen LogP contribution in [-0.4, -0.2) is 79.6 Å². The van der Waals surface area contributed by atoms with Gasteiger partial charge in [-0.3, -0.25) is 19.5 Å². The van der Waals surface area contributed by atoms with Gasteiger partial charge in [-0.25, -0.2) is 9.59 Å². The number of halogens is 1. The predicted octanol–water partition coefficient (Wildman–Crippen LogP) is 13.8. The van der Waals surface area contributed by atoms with Gasteiger partial charge in [0.05, 0.1) is 42.3 Å². The molecule has 6 aromatic carbocycles. The van der Waals surface area contributed by atoms with Crippen LogP contribution in [0.4, 0.5) is 4.79 Å². The fourth-order valence-corrected chi connectivity index (χ4v) is 12.3. The molecule has 8 rings (SSSR count). The number of allylic oxidation sites excluding steroid dienone is 1. The van der Waals surface area contributed by atoms with Crippen molar-refractivity contribution in [3.05, 3.63) is 244 Å². The Balaban J connectivity index is 0.959. The maximum absolute atomic E-state index is 14.3. The van der Waals surface area contributed by atoms with Crippen molar-refractivity contribution in [1.29, 1.82) is 0 Å². The Bertz CT molecular complexity index is 3070. The van der Waals surface area contributed by atoms with Crippen LogP contribution in [0.5, 0.6) is 0 Å². The molecule has 1 aliphatic carbocycles. The normalized spacial score (nSPS) is 13.1. The number of alkyl carbamates (subject to hydrolysis) is 1. The highest BCUT2D eigenvalue weighted by Crippen LogP contribution is 2.49. The molecule has 1 aliphatic rings. The van der Waals surface area contributed by atoms with Gasteiger partial charge in [-0.15, -0.1) is 11.8 Å². The first-order valence-electron chi connectivity index (χ1n) is 27.8. The molecule has 11 nitrogen and oxygen atoms in total. The molecule has 0 aliphatic heterocycles. The third kappa shape index (κ3) is 16.9. The summed E-state index contributed by atoms with van der Waals surface area (Å²) in [6.45, 7) is 11.8. The maximum atomic E-state index is 14.3. The first-order chi connectivity index (χ1) is 39.1. The van der Waals surface area contributed by atoms with Gasteiger partial charge in [0.2, 0.25) is 5.91 Å². The van der Waals surface area contributed by atoms with Gasteiger partial charge in [-0.05, 0) is 99.0 Å². The third-order valence-corrected chi connectivity index (χ3v) is 17.7. The van der Waals surface area contributed by atoms with E-state index in [2.05, 4.69) is 127 Å². The number of thioether (sulfide) groups is 1. The predicted molar refractivity (Wildman–Crippen MR) is 328 cm³/mol. The zero-order valence-electron chi connectivity index (χ0n) is 46.9. The van der Waals surface area contributed by atoms with Crippen LogP contribution in [0.15, 0.2) is 194 Å². The van der Waals surface area contributed by atoms with Gasteiger partial charge in [0.25, 0.3) is 0 Å². The lowest BCUT2D eigenvalue weighted by molar-refractivity contribution is -0.151. The first-order valence-corrected chi connectivity index (χ1v) is 32.9. The number of rotatable bonds is 27. The van der Waals surface area contributed by atoms with Crippen LogP contribution in [0.1, 0.15) is 77.4 Å². The van der Waals surface area contributed by atoms with E-state index in [1.165, 1.54) is 0 Å². The van der Waals surface area contributed by atoms with Crippen molar-refractivity contribution in [1.82, 2.24) is 20.5 Å². The van der Waals surface area contributed by atoms with Crippen LogP contribution in [-0.2, 0) is 53.0 Å². The molecule has 0 saturated carbocycles. The number of aromatic nitrogens is 1. The van der Waals surface area contributed by atoms with Crippen LogP contribution in [0, 0.1) is 5.92 Å². The molecule has 7 aromatic rings. The van der Waals surface area contributed by atoms with Crippen molar-refractivity contribution in [2.45, 2.75) is 94.8 Å². The summed E-state index contributed by atoms with van der Waals surface area (Å²) < 4.78 is 17.2.